The molecule has 0 aliphatic rings. The van der Waals surface area contributed by atoms with E-state index < -0.39 is 38.6 Å². The Labute approximate surface area is 231 Å². The van der Waals surface area contributed by atoms with Gasteiger partial charge in [-0.05, 0) is 57.9 Å². The summed E-state index contributed by atoms with van der Waals surface area (Å²) in [4.78, 5) is 38.7. The van der Waals surface area contributed by atoms with Crippen LogP contribution in [0.3, 0.4) is 0 Å². The number of nitrogens with zero attached hydrogens (tertiary/aromatic N) is 1. The van der Waals surface area contributed by atoms with Gasteiger partial charge >= 0.3 is 11.9 Å². The molecule has 0 saturated carbocycles. The first kappa shape index (κ1) is 32.1. The average Bonchev–Trinajstić information content (AvgIpc) is 2.87. The van der Waals surface area contributed by atoms with E-state index in [1.807, 2.05) is 13.0 Å². The first-order valence-corrected chi connectivity index (χ1v) is 14.4. The van der Waals surface area contributed by atoms with Gasteiger partial charge in [0.2, 0.25) is 0 Å². The first-order valence-electron chi connectivity index (χ1n) is 12.8. The zero-order chi connectivity index (χ0) is 29.5. The third-order valence-electron chi connectivity index (χ3n) is 6.90. The molecule has 0 aliphatic heterocycles. The Morgan fingerprint density at radius 3 is 1.97 bits per heavy atom. The van der Waals surface area contributed by atoms with E-state index in [0.29, 0.717) is 29.8 Å². The smallest absolute Gasteiger partial charge is 0.317 e. The maximum atomic E-state index is 13.2. The minimum Gasteiger partial charge on any atom is -0.748 e. The highest BCUT2D eigenvalue weighted by molar-refractivity contribution is 7.85. The number of hydrogen-bond donors (Lipinski definition) is 0. The number of benzene rings is 2. The molecule has 0 aliphatic carbocycles. The topological polar surface area (TPSA) is 127 Å². The second-order valence-corrected chi connectivity index (χ2v) is 12.9. The minimum atomic E-state index is -4.33. The lowest BCUT2D eigenvalue weighted by molar-refractivity contribution is -0.888. The molecule has 0 aromatic heterocycles. The van der Waals surface area contributed by atoms with Gasteiger partial charge in [0, 0.05) is 11.1 Å². The maximum Gasteiger partial charge on any atom is 0.317 e. The molecule has 0 saturated heterocycles. The average molecular weight is 562 g/mol. The van der Waals surface area contributed by atoms with Crippen molar-refractivity contribution in [3.05, 3.63) is 65.7 Å². The van der Waals surface area contributed by atoms with Crippen LogP contribution < -0.4 is 4.74 Å². The van der Waals surface area contributed by atoms with Crippen LogP contribution in [0.5, 0.6) is 5.75 Å². The summed E-state index contributed by atoms with van der Waals surface area (Å²) in [7, 11) is -0.829. The predicted molar refractivity (Wildman–Crippen MR) is 146 cm³/mol. The molecule has 0 radical (unpaired) electrons. The van der Waals surface area contributed by atoms with E-state index in [0.717, 1.165) is 0 Å². The molecule has 214 valence electrons. The molecular formula is C29H39NO8S. The third-order valence-corrected chi connectivity index (χ3v) is 7.58. The molecule has 0 spiro atoms. The van der Waals surface area contributed by atoms with Gasteiger partial charge in [0.05, 0.1) is 37.2 Å². The summed E-state index contributed by atoms with van der Waals surface area (Å²) in [5.74, 6) is -1.32. The van der Waals surface area contributed by atoms with Crippen LogP contribution in [0.15, 0.2) is 54.6 Å². The first-order chi connectivity index (χ1) is 18.0. The van der Waals surface area contributed by atoms with E-state index >= 15 is 0 Å². The van der Waals surface area contributed by atoms with Crippen molar-refractivity contribution in [2.75, 3.05) is 39.5 Å². The highest BCUT2D eigenvalue weighted by atomic mass is 32.2. The van der Waals surface area contributed by atoms with Gasteiger partial charge in [0.1, 0.15) is 29.0 Å². The van der Waals surface area contributed by atoms with Gasteiger partial charge in [-0.1, -0.05) is 37.3 Å². The van der Waals surface area contributed by atoms with Gasteiger partial charge in [-0.15, -0.1) is 0 Å². The number of hydrogen-bond acceptors (Lipinski definition) is 8. The van der Waals surface area contributed by atoms with Gasteiger partial charge in [-0.25, -0.2) is 8.42 Å². The van der Waals surface area contributed by atoms with Crippen LogP contribution >= 0.6 is 0 Å². The van der Waals surface area contributed by atoms with Gasteiger partial charge in [0.15, 0.2) is 5.78 Å². The van der Waals surface area contributed by atoms with Crippen molar-refractivity contribution >= 4 is 27.8 Å². The second-order valence-electron chi connectivity index (χ2n) is 11.4. The summed E-state index contributed by atoms with van der Waals surface area (Å²) >= 11 is 0. The Bertz CT molecular complexity index is 1250. The largest absolute Gasteiger partial charge is 0.748 e. The normalized spacial score (nSPS) is 13.8. The Kier molecular flexibility index (Phi) is 10.6. The summed E-state index contributed by atoms with van der Waals surface area (Å²) in [6.45, 7) is 7.45. The zero-order valence-electron chi connectivity index (χ0n) is 23.6. The minimum absolute atomic E-state index is 0.0372. The molecule has 1 atom stereocenters. The molecule has 0 N–H and O–H groups in total. The van der Waals surface area contributed by atoms with E-state index in [1.165, 1.54) is 0 Å². The van der Waals surface area contributed by atoms with Crippen molar-refractivity contribution in [1.29, 1.82) is 0 Å². The summed E-state index contributed by atoms with van der Waals surface area (Å²) in [5, 5.41) is 0. The Morgan fingerprint density at radius 1 is 0.872 bits per heavy atom. The lowest BCUT2D eigenvalue weighted by Crippen LogP contribution is -2.46. The molecule has 2 rings (SSSR count). The number of likely N-dealkylation sites (N-methyl/N-ethyl adjacent to an activating group) is 1. The lowest BCUT2D eigenvalue weighted by atomic mass is 9.72. The maximum absolute atomic E-state index is 13.2. The standard InChI is InChI=1S/C29H39NO8S/c1-7-29(4,21-28(2,3)26(32)37-19-17-30(5,6)18-20-39(34,35)36)27(33)38-24-15-13-23(14-16-24)25(31)22-11-9-8-10-12-22/h8-16H,7,17-21H2,1-6H3. The van der Waals surface area contributed by atoms with Crippen LogP contribution in [0.1, 0.15) is 56.5 Å². The Morgan fingerprint density at radius 2 is 1.44 bits per heavy atom. The van der Waals surface area contributed by atoms with E-state index in [9.17, 15) is 27.4 Å². The van der Waals surface area contributed by atoms with Crippen LogP contribution in [-0.4, -0.2) is 74.7 Å². The quantitative estimate of drug-likeness (QED) is 0.112. The van der Waals surface area contributed by atoms with Crippen LogP contribution in [0, 0.1) is 10.8 Å². The Hall–Kier alpha value is -3.08. The van der Waals surface area contributed by atoms with Crippen molar-refractivity contribution in [2.24, 2.45) is 10.8 Å². The zero-order valence-corrected chi connectivity index (χ0v) is 24.4. The Balaban J connectivity index is 1.98. The summed E-state index contributed by atoms with van der Waals surface area (Å²) in [6, 6.07) is 15.2. The van der Waals surface area contributed by atoms with E-state index in [2.05, 4.69) is 0 Å². The molecule has 2 aromatic rings. The van der Waals surface area contributed by atoms with Crippen LogP contribution in [0.2, 0.25) is 0 Å². The second kappa shape index (κ2) is 12.8. The van der Waals surface area contributed by atoms with Gasteiger partial charge < -0.3 is 18.5 Å². The highest BCUT2D eigenvalue weighted by Crippen LogP contribution is 2.39. The lowest BCUT2D eigenvalue weighted by Gasteiger charge is -2.34. The van der Waals surface area contributed by atoms with Crippen molar-refractivity contribution in [2.45, 2.75) is 40.5 Å². The molecule has 0 bridgehead atoms. The number of rotatable bonds is 14. The molecule has 0 heterocycles. The van der Waals surface area contributed by atoms with E-state index in [-0.39, 0.29) is 29.8 Å². The van der Waals surface area contributed by atoms with Crippen LogP contribution in [0.25, 0.3) is 0 Å². The highest BCUT2D eigenvalue weighted by Gasteiger charge is 2.43. The molecule has 39 heavy (non-hydrogen) atoms. The van der Waals surface area contributed by atoms with Crippen molar-refractivity contribution in [3.8, 4) is 5.75 Å². The number of esters is 2. The molecule has 1 unspecified atom stereocenters. The number of carbonyl (C=O) groups is 3. The van der Waals surface area contributed by atoms with Gasteiger partial charge in [-0.2, -0.15) is 0 Å². The fourth-order valence-corrected chi connectivity index (χ4v) is 4.82. The van der Waals surface area contributed by atoms with E-state index in [1.54, 1.807) is 83.4 Å². The summed E-state index contributed by atoms with van der Waals surface area (Å²) in [6.07, 6.45) is 0.589. The van der Waals surface area contributed by atoms with Crippen molar-refractivity contribution in [1.82, 2.24) is 0 Å². The van der Waals surface area contributed by atoms with Crippen molar-refractivity contribution < 1.29 is 41.3 Å². The molecule has 9 nitrogen and oxygen atoms in total. The fraction of sp³-hybridized carbons (Fsp3) is 0.483. The molecule has 0 fully saturated rings. The van der Waals surface area contributed by atoms with Crippen LogP contribution in [-0.2, 0) is 24.4 Å². The number of carbonyl (C=O) groups excluding carboxylic acids is 3. The van der Waals surface area contributed by atoms with Crippen molar-refractivity contribution in [3.63, 3.8) is 0 Å². The fourth-order valence-electron chi connectivity index (χ4n) is 4.10. The molecular weight excluding hydrogens is 522 g/mol. The SMILES string of the molecule is CCC(C)(CC(C)(C)C(=O)OCC[N+](C)(C)CCS(=O)(=O)[O-])C(=O)Oc1ccc(C(=O)c2ccccc2)cc1. The summed E-state index contributed by atoms with van der Waals surface area (Å²) in [5.41, 5.74) is -0.961. The van der Waals surface area contributed by atoms with Gasteiger partial charge in [0.25, 0.3) is 0 Å². The molecule has 2 aromatic carbocycles. The number of quaternary nitrogens is 1. The monoisotopic (exact) mass is 561 g/mol. The molecule has 10 heteroatoms. The number of ketones is 1. The molecule has 0 amide bonds. The third kappa shape index (κ3) is 9.87. The van der Waals surface area contributed by atoms with Crippen LogP contribution in [0.4, 0.5) is 0 Å². The van der Waals surface area contributed by atoms with Gasteiger partial charge in [-0.3, -0.25) is 14.4 Å². The predicted octanol–water partition coefficient (Wildman–Crippen LogP) is 3.82. The number of ether oxygens (including phenoxy) is 2. The van der Waals surface area contributed by atoms with E-state index in [4.69, 9.17) is 9.47 Å². The summed E-state index contributed by atoms with van der Waals surface area (Å²) < 4.78 is 44.1.